The Hall–Kier alpha value is -3.59. The van der Waals surface area contributed by atoms with E-state index >= 15 is 0 Å². The Bertz CT molecular complexity index is 1450. The van der Waals surface area contributed by atoms with E-state index in [0.717, 1.165) is 61.7 Å². The summed E-state index contributed by atoms with van der Waals surface area (Å²) in [6.07, 6.45) is 8.30. The highest BCUT2D eigenvalue weighted by Crippen LogP contribution is 2.57. The maximum atomic E-state index is 13.2. The van der Waals surface area contributed by atoms with Gasteiger partial charge >= 0.3 is 0 Å². The largest absolute Gasteiger partial charge is 0.490 e. The fourth-order valence-electron chi connectivity index (χ4n) is 6.28. The Kier molecular flexibility index (Phi) is 6.52. The molecule has 0 radical (unpaired) electrons. The minimum atomic E-state index is -0.940. The zero-order valence-electron chi connectivity index (χ0n) is 23.4. The minimum Gasteiger partial charge on any atom is -0.490 e. The van der Waals surface area contributed by atoms with Crippen LogP contribution in [0.2, 0.25) is 0 Å². The molecule has 40 heavy (non-hydrogen) atoms. The van der Waals surface area contributed by atoms with E-state index in [1.54, 1.807) is 26.1 Å². The first-order valence-electron chi connectivity index (χ1n) is 14.3. The molecule has 2 aromatic heterocycles. The van der Waals surface area contributed by atoms with Crippen molar-refractivity contribution >= 4 is 17.3 Å². The fourth-order valence-corrected chi connectivity index (χ4v) is 6.28. The van der Waals surface area contributed by atoms with Crippen LogP contribution < -0.4 is 20.5 Å². The van der Waals surface area contributed by atoms with E-state index in [0.29, 0.717) is 28.5 Å². The zero-order chi connectivity index (χ0) is 28.2. The normalized spacial score (nSPS) is 23.9. The van der Waals surface area contributed by atoms with Crippen LogP contribution in [-0.4, -0.2) is 50.9 Å². The SMILES string of the molecule is CCc1ccc(C(N)=O)c(OC2CC3(CC(NC(=O)c4cnn5c(C6CC6)c(OCC(C)(C)O)ccc45)C3)C2)c1. The quantitative estimate of drug-likeness (QED) is 0.351. The predicted octanol–water partition coefficient (Wildman–Crippen LogP) is 4.14. The van der Waals surface area contributed by atoms with Crippen molar-refractivity contribution in [2.24, 2.45) is 11.1 Å². The molecule has 1 aromatic carbocycles. The number of pyridine rings is 1. The molecule has 9 nitrogen and oxygen atoms in total. The van der Waals surface area contributed by atoms with E-state index in [1.165, 1.54) is 0 Å². The lowest BCUT2D eigenvalue weighted by atomic mass is 9.53. The van der Waals surface area contributed by atoms with Crippen LogP contribution >= 0.6 is 0 Å². The van der Waals surface area contributed by atoms with Crippen LogP contribution in [0.15, 0.2) is 36.5 Å². The molecule has 3 fully saturated rings. The number of amides is 2. The molecule has 6 rings (SSSR count). The van der Waals surface area contributed by atoms with Gasteiger partial charge in [-0.1, -0.05) is 13.0 Å². The summed E-state index contributed by atoms with van der Waals surface area (Å²) in [5.41, 5.74) is 8.61. The van der Waals surface area contributed by atoms with E-state index in [4.69, 9.17) is 15.2 Å². The topological polar surface area (TPSA) is 128 Å². The number of carbonyl (C=O) groups excluding carboxylic acids is 2. The maximum absolute atomic E-state index is 13.2. The molecule has 0 unspecified atom stereocenters. The highest BCUT2D eigenvalue weighted by Gasteiger charge is 2.54. The van der Waals surface area contributed by atoms with Gasteiger partial charge < -0.3 is 25.6 Å². The number of nitrogens with one attached hydrogen (secondary N) is 1. The molecule has 2 heterocycles. The number of fused-ring (bicyclic) bond motifs is 1. The minimum absolute atomic E-state index is 0.0511. The van der Waals surface area contributed by atoms with Crippen molar-refractivity contribution < 1.29 is 24.2 Å². The van der Waals surface area contributed by atoms with Gasteiger partial charge in [-0.3, -0.25) is 9.59 Å². The van der Waals surface area contributed by atoms with Crippen LogP contribution in [0.25, 0.3) is 5.52 Å². The van der Waals surface area contributed by atoms with Crippen molar-refractivity contribution in [2.75, 3.05) is 6.61 Å². The lowest BCUT2D eigenvalue weighted by molar-refractivity contribution is -0.0834. The van der Waals surface area contributed by atoms with E-state index < -0.39 is 11.5 Å². The van der Waals surface area contributed by atoms with Crippen LogP contribution in [0.5, 0.6) is 11.5 Å². The second-order valence-corrected chi connectivity index (χ2v) is 12.6. The molecule has 0 bridgehead atoms. The maximum Gasteiger partial charge on any atom is 0.255 e. The van der Waals surface area contributed by atoms with Crippen LogP contribution in [0.4, 0.5) is 0 Å². The molecule has 1 spiro atoms. The summed E-state index contributed by atoms with van der Waals surface area (Å²) in [5, 5.41) is 17.9. The molecule has 212 valence electrons. The number of aliphatic hydroxyl groups is 1. The summed E-state index contributed by atoms with van der Waals surface area (Å²) in [5.74, 6) is 1.03. The molecule has 3 aliphatic rings. The molecular formula is C31H38N4O5. The van der Waals surface area contributed by atoms with Gasteiger partial charge in [-0.2, -0.15) is 5.10 Å². The van der Waals surface area contributed by atoms with Gasteiger partial charge in [0.05, 0.1) is 40.2 Å². The number of aryl methyl sites for hydroxylation is 1. The summed E-state index contributed by atoms with van der Waals surface area (Å²) >= 11 is 0. The number of rotatable bonds is 10. The molecule has 3 saturated carbocycles. The average molecular weight is 547 g/mol. The first-order valence-corrected chi connectivity index (χ1v) is 14.3. The molecule has 0 atom stereocenters. The van der Waals surface area contributed by atoms with E-state index in [-0.39, 0.29) is 30.1 Å². The van der Waals surface area contributed by atoms with Crippen molar-refractivity contribution in [2.45, 2.75) is 89.4 Å². The number of hydrogen-bond acceptors (Lipinski definition) is 6. The third-order valence-electron chi connectivity index (χ3n) is 8.50. The van der Waals surface area contributed by atoms with Crippen molar-refractivity contribution in [3.05, 3.63) is 58.9 Å². The van der Waals surface area contributed by atoms with E-state index in [9.17, 15) is 14.7 Å². The molecule has 3 aromatic rings. The number of ether oxygens (including phenoxy) is 2. The summed E-state index contributed by atoms with van der Waals surface area (Å²) in [6, 6.07) is 9.46. The lowest BCUT2D eigenvalue weighted by Gasteiger charge is -2.57. The van der Waals surface area contributed by atoms with Crippen LogP contribution in [-0.2, 0) is 6.42 Å². The van der Waals surface area contributed by atoms with Crippen molar-refractivity contribution in [3.8, 4) is 11.5 Å². The number of nitrogens with two attached hydrogens (primary N) is 1. The smallest absolute Gasteiger partial charge is 0.255 e. The average Bonchev–Trinajstić information content (AvgIpc) is 3.61. The van der Waals surface area contributed by atoms with Gasteiger partial charge in [0, 0.05) is 12.0 Å². The number of primary amides is 1. The molecule has 3 aliphatic carbocycles. The van der Waals surface area contributed by atoms with Gasteiger partial charge in [-0.05, 0) is 94.0 Å². The molecular weight excluding hydrogens is 508 g/mol. The third kappa shape index (κ3) is 5.14. The summed E-state index contributed by atoms with van der Waals surface area (Å²) in [7, 11) is 0. The summed E-state index contributed by atoms with van der Waals surface area (Å²) < 4.78 is 14.0. The van der Waals surface area contributed by atoms with Crippen molar-refractivity contribution in [3.63, 3.8) is 0 Å². The number of carbonyl (C=O) groups is 2. The number of benzene rings is 1. The van der Waals surface area contributed by atoms with Crippen LogP contribution in [0.1, 0.15) is 97.2 Å². The van der Waals surface area contributed by atoms with Gasteiger partial charge in [-0.15, -0.1) is 0 Å². The van der Waals surface area contributed by atoms with E-state index in [2.05, 4.69) is 17.3 Å². The summed E-state index contributed by atoms with van der Waals surface area (Å²) in [6.45, 7) is 5.67. The molecule has 2 amide bonds. The Balaban J connectivity index is 1.07. The van der Waals surface area contributed by atoms with Gasteiger partial charge in [0.25, 0.3) is 11.8 Å². The van der Waals surface area contributed by atoms with Crippen LogP contribution in [0, 0.1) is 5.41 Å². The number of hydrogen-bond donors (Lipinski definition) is 3. The van der Waals surface area contributed by atoms with Crippen molar-refractivity contribution in [1.82, 2.24) is 14.9 Å². The fraction of sp³-hybridized carbons (Fsp3) is 0.516. The second kappa shape index (κ2) is 9.80. The summed E-state index contributed by atoms with van der Waals surface area (Å²) in [4.78, 5) is 25.1. The lowest BCUT2D eigenvalue weighted by Crippen LogP contribution is -2.58. The molecule has 9 heteroatoms. The van der Waals surface area contributed by atoms with Crippen LogP contribution in [0.3, 0.4) is 0 Å². The number of aromatic nitrogens is 2. The Morgan fingerprint density at radius 3 is 2.52 bits per heavy atom. The van der Waals surface area contributed by atoms with Gasteiger partial charge in [0.2, 0.25) is 0 Å². The second-order valence-electron chi connectivity index (χ2n) is 12.6. The molecule has 0 saturated heterocycles. The first-order chi connectivity index (χ1) is 19.0. The van der Waals surface area contributed by atoms with Crippen molar-refractivity contribution in [1.29, 1.82) is 0 Å². The highest BCUT2D eigenvalue weighted by molar-refractivity contribution is 6.01. The Labute approximate surface area is 234 Å². The standard InChI is InChI=1S/C31H38N4O5/c1-4-18-5-8-22(28(32)36)26(11-18)40-21-14-31(15-21)12-20(13-31)34-29(37)23-16-33-35-24(23)9-10-25(27(35)19-6-7-19)39-17-30(2,3)38/h5,8-11,16,19-21,38H,4,6-7,12-15,17H2,1-3H3,(H2,32,36)(H,34,37). The van der Waals surface area contributed by atoms with Gasteiger partial charge in [-0.25, -0.2) is 4.52 Å². The number of nitrogens with zero attached hydrogens (tertiary/aromatic N) is 2. The molecule has 0 aliphatic heterocycles. The van der Waals surface area contributed by atoms with Gasteiger partial charge in [0.15, 0.2) is 0 Å². The highest BCUT2D eigenvalue weighted by atomic mass is 16.5. The predicted molar refractivity (Wildman–Crippen MR) is 150 cm³/mol. The van der Waals surface area contributed by atoms with E-state index in [1.807, 2.05) is 28.8 Å². The monoisotopic (exact) mass is 546 g/mol. The Morgan fingerprint density at radius 1 is 1.12 bits per heavy atom. The third-order valence-corrected chi connectivity index (χ3v) is 8.50. The Morgan fingerprint density at radius 2 is 1.88 bits per heavy atom. The zero-order valence-corrected chi connectivity index (χ0v) is 23.4. The first kappa shape index (κ1) is 26.6. The molecule has 4 N–H and O–H groups in total. The van der Waals surface area contributed by atoms with Gasteiger partial charge in [0.1, 0.15) is 18.1 Å².